The van der Waals surface area contributed by atoms with Gasteiger partial charge in [-0.1, -0.05) is 68.0 Å². The molecule has 2 aromatic rings. The number of para-hydroxylation sites is 1. The lowest BCUT2D eigenvalue weighted by Gasteiger charge is -2.23. The van der Waals surface area contributed by atoms with Gasteiger partial charge in [-0.25, -0.2) is 0 Å². The van der Waals surface area contributed by atoms with Gasteiger partial charge in [0.2, 0.25) is 0 Å². The first-order valence-corrected chi connectivity index (χ1v) is 9.77. The number of ether oxygens (including phenoxy) is 1. The molecule has 1 heterocycles. The van der Waals surface area contributed by atoms with Gasteiger partial charge in [0.15, 0.2) is 0 Å². The predicted octanol–water partition coefficient (Wildman–Crippen LogP) is 5.57. The van der Waals surface area contributed by atoms with Crippen molar-refractivity contribution in [3.05, 3.63) is 70.8 Å². The van der Waals surface area contributed by atoms with Crippen LogP contribution in [0.25, 0.3) is 6.08 Å². The van der Waals surface area contributed by atoms with E-state index in [1.807, 2.05) is 6.07 Å². The van der Waals surface area contributed by atoms with Crippen LogP contribution < -0.4 is 4.74 Å². The van der Waals surface area contributed by atoms with Crippen molar-refractivity contribution in [2.75, 3.05) is 13.2 Å². The summed E-state index contributed by atoms with van der Waals surface area (Å²) in [6.45, 7) is 11.8. The molecule has 0 amide bonds. The van der Waals surface area contributed by atoms with Crippen LogP contribution in [0.5, 0.6) is 5.75 Å². The molecule has 0 fully saturated rings. The molecule has 26 heavy (non-hydrogen) atoms. The van der Waals surface area contributed by atoms with Crippen LogP contribution in [0.4, 0.5) is 0 Å². The second kappa shape index (κ2) is 8.55. The Kier molecular flexibility index (Phi) is 6.16. The van der Waals surface area contributed by atoms with Gasteiger partial charge >= 0.3 is 0 Å². The normalized spacial score (nSPS) is 16.2. The molecule has 2 nitrogen and oxygen atoms in total. The summed E-state index contributed by atoms with van der Waals surface area (Å²) in [4.78, 5) is 2.44. The first kappa shape index (κ1) is 18.7. The highest BCUT2D eigenvalue weighted by molar-refractivity contribution is 5.63. The Morgan fingerprint density at radius 3 is 2.27 bits per heavy atom. The number of benzene rings is 2. The lowest BCUT2D eigenvalue weighted by molar-refractivity contribution is 0.189. The Morgan fingerprint density at radius 1 is 0.885 bits per heavy atom. The minimum atomic E-state index is 0.588. The zero-order valence-corrected chi connectivity index (χ0v) is 16.5. The first-order chi connectivity index (χ1) is 12.5. The summed E-state index contributed by atoms with van der Waals surface area (Å²) in [5.74, 6) is 1.74. The van der Waals surface area contributed by atoms with E-state index < -0.39 is 0 Å². The fraction of sp³-hybridized carbons (Fsp3) is 0.417. The molecule has 4 rings (SSSR count). The highest BCUT2D eigenvalue weighted by Gasteiger charge is 2.16. The maximum absolute atomic E-state index is 5.69. The monoisotopic (exact) mass is 349 g/mol. The predicted molar refractivity (Wildman–Crippen MR) is 110 cm³/mol. The van der Waals surface area contributed by atoms with Crippen LogP contribution >= 0.6 is 0 Å². The molecule has 1 aliphatic heterocycles. The molecule has 0 saturated heterocycles. The number of nitrogens with zero attached hydrogens (tertiary/aromatic N) is 1. The fourth-order valence-electron chi connectivity index (χ4n) is 3.46. The minimum absolute atomic E-state index is 0.588. The zero-order valence-electron chi connectivity index (χ0n) is 16.5. The molecular formula is C24H31NO. The van der Waals surface area contributed by atoms with Crippen molar-refractivity contribution in [1.82, 2.24) is 4.90 Å². The zero-order chi connectivity index (χ0) is 18.5. The molecule has 1 aliphatic carbocycles. The van der Waals surface area contributed by atoms with Gasteiger partial charge in [-0.3, -0.25) is 4.90 Å². The molecule has 2 aliphatic rings. The van der Waals surface area contributed by atoms with Crippen LogP contribution in [0.1, 0.15) is 44.4 Å². The van der Waals surface area contributed by atoms with E-state index in [0.717, 1.165) is 31.9 Å². The summed E-state index contributed by atoms with van der Waals surface area (Å²) in [6, 6.07) is 17.6. The van der Waals surface area contributed by atoms with E-state index in [9.17, 15) is 0 Å². The van der Waals surface area contributed by atoms with Crippen molar-refractivity contribution in [3.8, 4) is 5.75 Å². The summed E-state index contributed by atoms with van der Waals surface area (Å²) in [7, 11) is 0. The number of rotatable bonds is 2. The second-order valence-corrected chi connectivity index (χ2v) is 7.77. The minimum Gasteiger partial charge on any atom is -0.492 e. The Bertz CT molecular complexity index is 760. The van der Waals surface area contributed by atoms with Gasteiger partial charge in [0.1, 0.15) is 12.4 Å². The maximum Gasteiger partial charge on any atom is 0.123 e. The van der Waals surface area contributed by atoms with Crippen LogP contribution in [0, 0.1) is 5.92 Å². The van der Waals surface area contributed by atoms with Crippen molar-refractivity contribution < 1.29 is 4.74 Å². The second-order valence-electron chi connectivity index (χ2n) is 7.77. The molecule has 0 bridgehead atoms. The largest absolute Gasteiger partial charge is 0.492 e. The highest BCUT2D eigenvalue weighted by Crippen LogP contribution is 2.28. The Balaban J connectivity index is 0.000000152. The average Bonchev–Trinajstić information content (AvgIpc) is 2.95. The topological polar surface area (TPSA) is 12.5 Å². The Hall–Kier alpha value is -2.06. The maximum atomic E-state index is 5.69. The van der Waals surface area contributed by atoms with Crippen LogP contribution in [0.2, 0.25) is 0 Å². The third-order valence-electron chi connectivity index (χ3n) is 5.24. The van der Waals surface area contributed by atoms with Crippen molar-refractivity contribution in [3.63, 3.8) is 0 Å². The summed E-state index contributed by atoms with van der Waals surface area (Å²) in [5.41, 5.74) is 5.78. The van der Waals surface area contributed by atoms with Crippen molar-refractivity contribution >= 4 is 6.08 Å². The van der Waals surface area contributed by atoms with Crippen LogP contribution in [-0.2, 0) is 13.0 Å². The molecule has 138 valence electrons. The van der Waals surface area contributed by atoms with Gasteiger partial charge in [0.25, 0.3) is 0 Å². The molecule has 0 saturated carbocycles. The van der Waals surface area contributed by atoms with Gasteiger partial charge in [-0.05, 0) is 43.4 Å². The van der Waals surface area contributed by atoms with Crippen LogP contribution in [0.3, 0.4) is 0 Å². The van der Waals surface area contributed by atoms with E-state index in [2.05, 4.69) is 81.1 Å². The summed E-state index contributed by atoms with van der Waals surface area (Å²) in [5, 5.41) is 0. The van der Waals surface area contributed by atoms with E-state index in [0.29, 0.717) is 12.0 Å². The fourth-order valence-corrected chi connectivity index (χ4v) is 3.46. The van der Waals surface area contributed by atoms with Crippen molar-refractivity contribution in [1.29, 1.82) is 0 Å². The summed E-state index contributed by atoms with van der Waals surface area (Å²) >= 11 is 0. The molecule has 0 aromatic heterocycles. The molecule has 0 spiro atoms. The van der Waals surface area contributed by atoms with Gasteiger partial charge in [0, 0.05) is 24.7 Å². The standard InChI is InChI=1S/C12H17NO.C12H14/c1-10(2)13-7-8-14-12-6-4-3-5-11(12)9-13;1-9(2)12-7-10-5-3-4-6-11(10)8-12/h3-6,10H,7-9H2,1-2H3;3-7,9H,8H2,1-2H3. The average molecular weight is 350 g/mol. The van der Waals surface area contributed by atoms with E-state index in [-0.39, 0.29) is 0 Å². The smallest absolute Gasteiger partial charge is 0.123 e. The Labute approximate surface area is 158 Å². The summed E-state index contributed by atoms with van der Waals surface area (Å²) < 4.78 is 5.69. The summed E-state index contributed by atoms with van der Waals surface area (Å²) in [6.07, 6.45) is 3.49. The van der Waals surface area contributed by atoms with E-state index >= 15 is 0 Å². The molecule has 0 atom stereocenters. The third-order valence-corrected chi connectivity index (χ3v) is 5.24. The number of fused-ring (bicyclic) bond motifs is 2. The van der Waals surface area contributed by atoms with E-state index in [1.165, 1.54) is 16.7 Å². The van der Waals surface area contributed by atoms with Gasteiger partial charge in [-0.15, -0.1) is 0 Å². The molecule has 2 heteroatoms. The number of hydrogen-bond acceptors (Lipinski definition) is 2. The van der Waals surface area contributed by atoms with Crippen LogP contribution in [0.15, 0.2) is 54.1 Å². The molecular weight excluding hydrogens is 318 g/mol. The molecule has 0 unspecified atom stereocenters. The molecule has 0 radical (unpaired) electrons. The third kappa shape index (κ3) is 4.56. The van der Waals surface area contributed by atoms with E-state index in [4.69, 9.17) is 4.74 Å². The van der Waals surface area contributed by atoms with Gasteiger partial charge in [-0.2, -0.15) is 0 Å². The lowest BCUT2D eigenvalue weighted by Crippen LogP contribution is -2.32. The molecule has 0 N–H and O–H groups in total. The Morgan fingerprint density at radius 2 is 1.58 bits per heavy atom. The van der Waals surface area contributed by atoms with Crippen molar-refractivity contribution in [2.45, 2.75) is 46.7 Å². The highest BCUT2D eigenvalue weighted by atomic mass is 16.5. The quantitative estimate of drug-likeness (QED) is 0.702. The van der Waals surface area contributed by atoms with E-state index in [1.54, 1.807) is 5.57 Å². The van der Waals surface area contributed by atoms with Crippen LogP contribution in [-0.4, -0.2) is 24.1 Å². The number of hydrogen-bond donors (Lipinski definition) is 0. The van der Waals surface area contributed by atoms with Gasteiger partial charge < -0.3 is 4.74 Å². The number of allylic oxidation sites excluding steroid dienone is 1. The lowest BCUT2D eigenvalue weighted by atomic mass is 10.0. The van der Waals surface area contributed by atoms with Gasteiger partial charge in [0.05, 0.1) is 0 Å². The van der Waals surface area contributed by atoms with Crippen molar-refractivity contribution in [2.24, 2.45) is 5.92 Å². The molecule has 2 aromatic carbocycles. The first-order valence-electron chi connectivity index (χ1n) is 9.77. The SMILES string of the molecule is CC(C)C1=Cc2ccccc2C1.CC(C)N1CCOc2ccccc2C1.